The highest BCUT2D eigenvalue weighted by Gasteiger charge is 2.63. The van der Waals surface area contributed by atoms with Gasteiger partial charge < -0.3 is 4.74 Å². The SMILES string of the molecule is CCOC(=O)C1C2c3ccccc3C(C)C12. The lowest BCUT2D eigenvalue weighted by molar-refractivity contribution is -0.145. The molecule has 0 aliphatic heterocycles. The topological polar surface area (TPSA) is 26.3 Å². The summed E-state index contributed by atoms with van der Waals surface area (Å²) >= 11 is 0. The fourth-order valence-corrected chi connectivity index (χ4v) is 3.34. The third kappa shape index (κ3) is 1.16. The van der Waals surface area contributed by atoms with Gasteiger partial charge in [-0.05, 0) is 29.9 Å². The Kier molecular flexibility index (Phi) is 2.06. The number of carbonyl (C=O) groups excluding carboxylic acids is 1. The molecule has 2 aliphatic rings. The van der Waals surface area contributed by atoms with Crippen LogP contribution in [0.3, 0.4) is 0 Å². The minimum atomic E-state index is -0.00106. The van der Waals surface area contributed by atoms with Gasteiger partial charge in [-0.15, -0.1) is 0 Å². The van der Waals surface area contributed by atoms with Crippen LogP contribution in [-0.4, -0.2) is 12.6 Å². The quantitative estimate of drug-likeness (QED) is 0.710. The first-order valence-corrected chi connectivity index (χ1v) is 6.01. The molecule has 84 valence electrons. The zero-order valence-corrected chi connectivity index (χ0v) is 9.64. The van der Waals surface area contributed by atoms with E-state index in [-0.39, 0.29) is 11.9 Å². The molecule has 0 bridgehead atoms. The molecule has 0 spiro atoms. The molecule has 0 heterocycles. The first-order chi connectivity index (χ1) is 7.75. The van der Waals surface area contributed by atoms with Gasteiger partial charge in [0, 0.05) is 5.92 Å². The molecule has 1 aromatic carbocycles. The summed E-state index contributed by atoms with van der Waals surface area (Å²) in [6, 6.07) is 8.50. The lowest BCUT2D eigenvalue weighted by atomic mass is 9.95. The smallest absolute Gasteiger partial charge is 0.309 e. The molecule has 4 atom stereocenters. The second-order valence-electron chi connectivity index (χ2n) is 4.80. The van der Waals surface area contributed by atoms with Crippen LogP contribution in [0, 0.1) is 11.8 Å². The van der Waals surface area contributed by atoms with Crippen molar-refractivity contribution in [3.05, 3.63) is 35.4 Å². The Bertz CT molecular complexity index is 438. The highest BCUT2D eigenvalue weighted by Crippen LogP contribution is 2.67. The van der Waals surface area contributed by atoms with Crippen molar-refractivity contribution in [2.24, 2.45) is 11.8 Å². The zero-order valence-electron chi connectivity index (χ0n) is 9.64. The molecule has 0 saturated heterocycles. The molecule has 4 unspecified atom stereocenters. The van der Waals surface area contributed by atoms with Crippen LogP contribution in [0.1, 0.15) is 36.8 Å². The van der Waals surface area contributed by atoms with Gasteiger partial charge in [0.25, 0.3) is 0 Å². The summed E-state index contributed by atoms with van der Waals surface area (Å²) in [5.74, 6) is 1.57. The Morgan fingerprint density at radius 3 is 2.69 bits per heavy atom. The Balaban J connectivity index is 1.88. The molecule has 2 aliphatic carbocycles. The van der Waals surface area contributed by atoms with E-state index in [0.29, 0.717) is 24.4 Å². The highest BCUT2D eigenvalue weighted by molar-refractivity contribution is 5.80. The standard InChI is InChI=1S/C14H16O2/c1-3-16-14(15)13-11-8(2)9-6-4-5-7-10(9)12(11)13/h4-8,11-13H,3H2,1-2H3. The number of esters is 1. The number of rotatable bonds is 2. The van der Waals surface area contributed by atoms with Gasteiger partial charge in [0.2, 0.25) is 0 Å². The van der Waals surface area contributed by atoms with Crippen molar-refractivity contribution in [1.82, 2.24) is 0 Å². The zero-order chi connectivity index (χ0) is 11.3. The maximum Gasteiger partial charge on any atom is 0.309 e. The maximum atomic E-state index is 11.8. The number of hydrogen-bond acceptors (Lipinski definition) is 2. The average molecular weight is 216 g/mol. The summed E-state index contributed by atoms with van der Waals surface area (Å²) in [4.78, 5) is 11.8. The Hall–Kier alpha value is -1.31. The number of carbonyl (C=O) groups is 1. The molecular weight excluding hydrogens is 200 g/mol. The van der Waals surface area contributed by atoms with Crippen molar-refractivity contribution >= 4 is 5.97 Å². The van der Waals surface area contributed by atoms with E-state index in [9.17, 15) is 4.79 Å². The molecule has 0 aromatic heterocycles. The molecule has 0 amide bonds. The predicted octanol–water partition coefficient (Wildman–Crippen LogP) is 2.70. The normalized spacial score (nSPS) is 34.1. The monoisotopic (exact) mass is 216 g/mol. The first-order valence-electron chi connectivity index (χ1n) is 6.01. The predicted molar refractivity (Wildman–Crippen MR) is 61.2 cm³/mol. The van der Waals surface area contributed by atoms with Crippen molar-refractivity contribution in [1.29, 1.82) is 0 Å². The second kappa shape index (κ2) is 3.34. The summed E-state index contributed by atoms with van der Waals surface area (Å²) in [5.41, 5.74) is 2.80. The highest BCUT2D eigenvalue weighted by atomic mass is 16.5. The molecule has 2 heteroatoms. The van der Waals surface area contributed by atoms with Crippen LogP contribution in [0.2, 0.25) is 0 Å². The fourth-order valence-electron chi connectivity index (χ4n) is 3.34. The van der Waals surface area contributed by atoms with Gasteiger partial charge in [0.05, 0.1) is 12.5 Å². The van der Waals surface area contributed by atoms with Gasteiger partial charge in [0.15, 0.2) is 0 Å². The van der Waals surface area contributed by atoms with Crippen LogP contribution in [0.25, 0.3) is 0 Å². The summed E-state index contributed by atoms with van der Waals surface area (Å²) in [6.07, 6.45) is 0. The first kappa shape index (κ1) is 9.88. The number of benzene rings is 1. The minimum absolute atomic E-state index is 0.00106. The van der Waals surface area contributed by atoms with E-state index in [0.717, 1.165) is 0 Å². The maximum absolute atomic E-state index is 11.8. The third-order valence-electron chi connectivity index (χ3n) is 4.06. The Morgan fingerprint density at radius 1 is 1.31 bits per heavy atom. The number of fused-ring (bicyclic) bond motifs is 3. The number of ether oxygens (including phenoxy) is 1. The van der Waals surface area contributed by atoms with E-state index in [4.69, 9.17) is 4.74 Å². The second-order valence-corrected chi connectivity index (χ2v) is 4.80. The molecule has 0 N–H and O–H groups in total. The molecule has 1 fully saturated rings. The van der Waals surface area contributed by atoms with E-state index >= 15 is 0 Å². The van der Waals surface area contributed by atoms with Crippen LogP contribution in [0.5, 0.6) is 0 Å². The molecule has 0 radical (unpaired) electrons. The van der Waals surface area contributed by atoms with Gasteiger partial charge in [-0.2, -0.15) is 0 Å². The van der Waals surface area contributed by atoms with Crippen molar-refractivity contribution in [3.63, 3.8) is 0 Å². The molecule has 3 rings (SSSR count). The van der Waals surface area contributed by atoms with Gasteiger partial charge in [-0.1, -0.05) is 31.2 Å². The Labute approximate surface area is 95.6 Å². The average Bonchev–Trinajstić information content (AvgIpc) is 2.97. The lowest BCUT2D eigenvalue weighted by Crippen LogP contribution is -2.12. The van der Waals surface area contributed by atoms with Crippen LogP contribution < -0.4 is 0 Å². The summed E-state index contributed by atoms with van der Waals surface area (Å²) in [7, 11) is 0. The minimum Gasteiger partial charge on any atom is -0.466 e. The van der Waals surface area contributed by atoms with Gasteiger partial charge in [-0.3, -0.25) is 4.79 Å². The fraction of sp³-hybridized carbons (Fsp3) is 0.500. The van der Waals surface area contributed by atoms with E-state index in [2.05, 4.69) is 31.2 Å². The summed E-state index contributed by atoms with van der Waals surface area (Å²) < 4.78 is 5.13. The lowest BCUT2D eigenvalue weighted by Gasteiger charge is -2.12. The summed E-state index contributed by atoms with van der Waals surface area (Å²) in [5, 5.41) is 0. The van der Waals surface area contributed by atoms with E-state index in [1.54, 1.807) is 0 Å². The van der Waals surface area contributed by atoms with E-state index in [1.807, 2.05) is 6.92 Å². The van der Waals surface area contributed by atoms with Crippen molar-refractivity contribution in [3.8, 4) is 0 Å². The van der Waals surface area contributed by atoms with Crippen LogP contribution in [0.4, 0.5) is 0 Å². The van der Waals surface area contributed by atoms with Crippen LogP contribution in [0.15, 0.2) is 24.3 Å². The van der Waals surface area contributed by atoms with Gasteiger partial charge in [-0.25, -0.2) is 0 Å². The molecule has 1 aromatic rings. The summed E-state index contributed by atoms with van der Waals surface area (Å²) in [6.45, 7) is 4.58. The van der Waals surface area contributed by atoms with Gasteiger partial charge >= 0.3 is 5.97 Å². The van der Waals surface area contributed by atoms with Crippen LogP contribution >= 0.6 is 0 Å². The molecular formula is C14H16O2. The van der Waals surface area contributed by atoms with E-state index in [1.165, 1.54) is 11.1 Å². The van der Waals surface area contributed by atoms with E-state index < -0.39 is 0 Å². The third-order valence-corrected chi connectivity index (χ3v) is 4.06. The largest absolute Gasteiger partial charge is 0.466 e. The molecule has 2 nitrogen and oxygen atoms in total. The van der Waals surface area contributed by atoms with Crippen molar-refractivity contribution < 1.29 is 9.53 Å². The number of hydrogen-bond donors (Lipinski definition) is 0. The van der Waals surface area contributed by atoms with Crippen LogP contribution in [-0.2, 0) is 9.53 Å². The Morgan fingerprint density at radius 2 is 2.00 bits per heavy atom. The van der Waals surface area contributed by atoms with Crippen molar-refractivity contribution in [2.45, 2.75) is 25.7 Å². The van der Waals surface area contributed by atoms with Gasteiger partial charge in [0.1, 0.15) is 0 Å². The molecule has 16 heavy (non-hydrogen) atoms. The molecule has 1 saturated carbocycles. The van der Waals surface area contributed by atoms with Crippen molar-refractivity contribution in [2.75, 3.05) is 6.61 Å².